The Bertz CT molecular complexity index is 137. The maximum atomic E-state index is 5.29. The molecule has 0 aromatic heterocycles. The predicted octanol–water partition coefficient (Wildman–Crippen LogP) is 0.0516. The Kier molecular flexibility index (Phi) is 4.25. The van der Waals surface area contributed by atoms with Gasteiger partial charge in [-0.3, -0.25) is 4.90 Å². The largest absolute Gasteiger partial charge is 0.380 e. The molecule has 0 aromatic rings. The van der Waals surface area contributed by atoms with Crippen molar-refractivity contribution < 1.29 is 9.31 Å². The molecule has 0 bridgehead atoms. The average Bonchev–Trinajstić information content (AvgIpc) is 2.09. The number of hydrogen-bond donors (Lipinski definition) is 0. The van der Waals surface area contributed by atoms with Crippen LogP contribution in [-0.4, -0.2) is 62.1 Å². The zero-order valence-corrected chi connectivity index (χ0v) is 7.96. The summed E-state index contributed by atoms with van der Waals surface area (Å²) < 4.78 is 7.41. The lowest BCUT2D eigenvalue weighted by atomic mass is 10.3. The van der Waals surface area contributed by atoms with Gasteiger partial charge in [0.1, 0.15) is 6.72 Å². The first kappa shape index (κ1) is 9.68. The second-order valence-electron chi connectivity index (χ2n) is 3.16. The average molecular weight is 171 g/mol. The Balaban J connectivity index is 2.05. The smallest absolute Gasteiger partial charge is 0.154 e. The van der Waals surface area contributed by atoms with Crippen LogP contribution in [0.15, 0.2) is 0 Å². The molecule has 0 radical (unpaired) electrons. The number of hydrogen-bond acceptors (Lipinski definition) is 2. The van der Waals surface area contributed by atoms with E-state index in [4.69, 9.17) is 4.74 Å². The lowest BCUT2D eigenvalue weighted by Gasteiger charge is -2.24. The normalized spacial score (nSPS) is 19.9. The van der Waals surface area contributed by atoms with Crippen molar-refractivity contribution in [2.24, 2.45) is 0 Å². The Hall–Kier alpha value is -0.410. The molecule has 0 aliphatic carbocycles. The first-order valence-electron chi connectivity index (χ1n) is 4.68. The van der Waals surface area contributed by atoms with Gasteiger partial charge in [0.05, 0.1) is 19.7 Å². The van der Waals surface area contributed by atoms with Crippen molar-refractivity contribution in [1.82, 2.24) is 4.90 Å². The van der Waals surface area contributed by atoms with Gasteiger partial charge >= 0.3 is 0 Å². The van der Waals surface area contributed by atoms with Gasteiger partial charge in [-0.2, -0.15) is 0 Å². The minimum atomic E-state index is 0.829. The molecular formula is C9H19N2O+. The Morgan fingerprint density at radius 3 is 2.67 bits per heavy atom. The molecular weight excluding hydrogens is 152 g/mol. The molecule has 0 saturated carbocycles. The highest BCUT2D eigenvalue weighted by atomic mass is 16.5. The summed E-state index contributed by atoms with van der Waals surface area (Å²) in [5.41, 5.74) is 0. The van der Waals surface area contributed by atoms with Crippen LogP contribution >= 0.6 is 0 Å². The summed E-state index contributed by atoms with van der Waals surface area (Å²) >= 11 is 0. The molecule has 1 aliphatic heterocycles. The minimum Gasteiger partial charge on any atom is -0.380 e. The van der Waals surface area contributed by atoms with Crippen LogP contribution in [0.3, 0.4) is 0 Å². The zero-order valence-electron chi connectivity index (χ0n) is 7.96. The van der Waals surface area contributed by atoms with E-state index in [0.717, 1.165) is 45.9 Å². The molecule has 0 aromatic carbocycles. The molecule has 0 amide bonds. The van der Waals surface area contributed by atoms with Gasteiger partial charge in [0, 0.05) is 13.2 Å². The van der Waals surface area contributed by atoms with E-state index in [1.165, 1.54) is 0 Å². The lowest BCUT2D eigenvalue weighted by Crippen LogP contribution is -2.42. The summed E-state index contributed by atoms with van der Waals surface area (Å²) in [6.45, 7) is 13.2. The van der Waals surface area contributed by atoms with Gasteiger partial charge in [0.25, 0.3) is 0 Å². The monoisotopic (exact) mass is 171 g/mol. The first-order chi connectivity index (χ1) is 5.83. The van der Waals surface area contributed by atoms with E-state index in [-0.39, 0.29) is 0 Å². The zero-order chi connectivity index (χ0) is 8.81. The molecule has 0 atom stereocenters. The number of piperazine rings is 1. The molecule has 0 spiro atoms. The van der Waals surface area contributed by atoms with Crippen molar-refractivity contribution >= 4 is 6.72 Å². The second kappa shape index (κ2) is 5.27. The van der Waals surface area contributed by atoms with Gasteiger partial charge in [-0.25, -0.2) is 4.58 Å². The molecule has 3 heteroatoms. The topological polar surface area (TPSA) is 15.5 Å². The summed E-state index contributed by atoms with van der Waals surface area (Å²) in [5, 5.41) is 0. The molecule has 1 saturated heterocycles. The highest BCUT2D eigenvalue weighted by molar-refractivity contribution is 5.14. The predicted molar refractivity (Wildman–Crippen MR) is 50.0 cm³/mol. The Morgan fingerprint density at radius 1 is 1.42 bits per heavy atom. The van der Waals surface area contributed by atoms with E-state index in [9.17, 15) is 0 Å². The van der Waals surface area contributed by atoms with Crippen LogP contribution in [0, 0.1) is 0 Å². The van der Waals surface area contributed by atoms with Crippen molar-refractivity contribution in [3.63, 3.8) is 0 Å². The van der Waals surface area contributed by atoms with Crippen LogP contribution in [0.2, 0.25) is 0 Å². The van der Waals surface area contributed by atoms with Gasteiger partial charge in [0.15, 0.2) is 13.1 Å². The van der Waals surface area contributed by atoms with Gasteiger partial charge in [-0.05, 0) is 6.92 Å². The van der Waals surface area contributed by atoms with E-state index < -0.39 is 0 Å². The third kappa shape index (κ3) is 3.32. The maximum Gasteiger partial charge on any atom is 0.154 e. The van der Waals surface area contributed by atoms with Crippen molar-refractivity contribution in [1.29, 1.82) is 0 Å². The summed E-state index contributed by atoms with van der Waals surface area (Å²) in [6, 6.07) is 0. The lowest BCUT2D eigenvalue weighted by molar-refractivity contribution is -0.531. The molecule has 0 N–H and O–H groups in total. The minimum absolute atomic E-state index is 0.829. The van der Waals surface area contributed by atoms with Gasteiger partial charge in [-0.15, -0.1) is 0 Å². The van der Waals surface area contributed by atoms with Crippen LogP contribution < -0.4 is 0 Å². The van der Waals surface area contributed by atoms with Crippen LogP contribution in [0.1, 0.15) is 6.92 Å². The molecule has 1 heterocycles. The van der Waals surface area contributed by atoms with Crippen LogP contribution in [0.4, 0.5) is 0 Å². The summed E-state index contributed by atoms with van der Waals surface area (Å²) in [4.78, 5) is 2.43. The van der Waals surface area contributed by atoms with Crippen molar-refractivity contribution in [2.45, 2.75) is 6.92 Å². The highest BCUT2D eigenvalue weighted by Gasteiger charge is 2.15. The van der Waals surface area contributed by atoms with Crippen LogP contribution in [0.25, 0.3) is 0 Å². The van der Waals surface area contributed by atoms with Crippen molar-refractivity contribution in [3.8, 4) is 0 Å². The number of rotatable bonds is 4. The Morgan fingerprint density at radius 2 is 2.08 bits per heavy atom. The molecule has 1 rings (SSSR count). The summed E-state index contributed by atoms with van der Waals surface area (Å²) in [5.74, 6) is 0. The molecule has 70 valence electrons. The van der Waals surface area contributed by atoms with E-state index in [1.807, 2.05) is 6.92 Å². The molecule has 1 aliphatic rings. The third-order valence-electron chi connectivity index (χ3n) is 2.22. The fourth-order valence-corrected chi connectivity index (χ4v) is 1.35. The van der Waals surface area contributed by atoms with Gasteiger partial charge < -0.3 is 4.74 Å². The van der Waals surface area contributed by atoms with Crippen LogP contribution in [0.5, 0.6) is 0 Å². The molecule has 12 heavy (non-hydrogen) atoms. The summed E-state index contributed by atoms with van der Waals surface area (Å²) in [6.07, 6.45) is 0. The molecule has 0 unspecified atom stereocenters. The van der Waals surface area contributed by atoms with E-state index in [2.05, 4.69) is 16.2 Å². The van der Waals surface area contributed by atoms with Crippen LogP contribution in [-0.2, 0) is 4.74 Å². The molecule has 3 nitrogen and oxygen atoms in total. The highest BCUT2D eigenvalue weighted by Crippen LogP contribution is 1.94. The number of nitrogens with zero attached hydrogens (tertiary/aromatic N) is 2. The fourth-order valence-electron chi connectivity index (χ4n) is 1.35. The SMILES string of the molecule is C=[N+]1CCN(CCOCC)CC1. The van der Waals surface area contributed by atoms with E-state index in [1.54, 1.807) is 0 Å². The van der Waals surface area contributed by atoms with Crippen molar-refractivity contribution in [3.05, 3.63) is 0 Å². The van der Waals surface area contributed by atoms with Gasteiger partial charge in [-0.1, -0.05) is 0 Å². The standard InChI is InChI=1S/C9H19N2O/c1-3-12-9-8-11-6-4-10(2)5-7-11/h2-9H2,1H3/q+1. The maximum absolute atomic E-state index is 5.29. The fraction of sp³-hybridized carbons (Fsp3) is 0.889. The van der Waals surface area contributed by atoms with E-state index >= 15 is 0 Å². The van der Waals surface area contributed by atoms with Gasteiger partial charge in [0.2, 0.25) is 0 Å². The summed E-state index contributed by atoms with van der Waals surface area (Å²) in [7, 11) is 0. The third-order valence-corrected chi connectivity index (χ3v) is 2.22. The second-order valence-corrected chi connectivity index (χ2v) is 3.16. The van der Waals surface area contributed by atoms with Crippen molar-refractivity contribution in [2.75, 3.05) is 45.9 Å². The molecule has 1 fully saturated rings. The Labute approximate surface area is 74.6 Å². The quantitative estimate of drug-likeness (QED) is 0.439. The first-order valence-corrected chi connectivity index (χ1v) is 4.68. The van der Waals surface area contributed by atoms with E-state index in [0.29, 0.717) is 0 Å². The number of ether oxygens (including phenoxy) is 1.